The zero-order valence-electron chi connectivity index (χ0n) is 7.02. The maximum atomic E-state index is 12.8. The van der Waals surface area contributed by atoms with Gasteiger partial charge in [0.1, 0.15) is 16.7 Å². The first-order valence-electron chi connectivity index (χ1n) is 3.82. The normalized spacial score (nSPS) is 13.0. The minimum atomic E-state index is -0.794. The van der Waals surface area contributed by atoms with E-state index in [0.717, 1.165) is 12.1 Å². The highest BCUT2D eigenvalue weighted by Crippen LogP contribution is 2.21. The molecule has 0 saturated carbocycles. The van der Waals surface area contributed by atoms with Crippen molar-refractivity contribution in [1.29, 1.82) is 0 Å². The Hall–Kier alpha value is -0.670. The van der Waals surface area contributed by atoms with Crippen LogP contribution in [0.4, 0.5) is 8.78 Å². The van der Waals surface area contributed by atoms with Crippen LogP contribution < -0.4 is 0 Å². The van der Waals surface area contributed by atoms with Crippen molar-refractivity contribution in [2.75, 3.05) is 0 Å². The average Bonchev–Trinajstić information content (AvgIpc) is 1.98. The minimum absolute atomic E-state index is 0.213. The maximum Gasteiger partial charge on any atom is 0.145 e. The lowest BCUT2D eigenvalue weighted by Crippen LogP contribution is -2.05. The van der Waals surface area contributed by atoms with E-state index in [1.165, 1.54) is 0 Å². The highest BCUT2D eigenvalue weighted by atomic mass is 35.5. The van der Waals surface area contributed by atoms with E-state index in [-0.39, 0.29) is 6.42 Å². The summed E-state index contributed by atoms with van der Waals surface area (Å²) in [4.78, 5) is 0. The zero-order chi connectivity index (χ0) is 10.0. The van der Waals surface area contributed by atoms with E-state index in [0.29, 0.717) is 5.56 Å². The third kappa shape index (κ3) is 2.64. The summed E-state index contributed by atoms with van der Waals surface area (Å²) in [6.45, 7) is 1.55. The van der Waals surface area contributed by atoms with Gasteiger partial charge in [0.05, 0.1) is 6.10 Å². The molecule has 13 heavy (non-hydrogen) atoms. The molecule has 0 amide bonds. The lowest BCUT2D eigenvalue weighted by molar-refractivity contribution is 0.195. The summed E-state index contributed by atoms with van der Waals surface area (Å²) in [5.74, 6) is -1.59. The molecule has 1 nitrogen and oxygen atoms in total. The van der Waals surface area contributed by atoms with Crippen LogP contribution >= 0.6 is 11.6 Å². The molecule has 0 bridgehead atoms. The number of hydrogen-bond acceptors (Lipinski definition) is 1. The van der Waals surface area contributed by atoms with Gasteiger partial charge in [-0.25, -0.2) is 8.78 Å². The molecule has 1 rings (SSSR count). The third-order valence-corrected chi connectivity index (χ3v) is 1.94. The van der Waals surface area contributed by atoms with Crippen LogP contribution in [-0.2, 0) is 6.42 Å². The van der Waals surface area contributed by atoms with Crippen molar-refractivity contribution in [3.63, 3.8) is 0 Å². The highest BCUT2D eigenvalue weighted by molar-refractivity contribution is 6.30. The van der Waals surface area contributed by atoms with E-state index >= 15 is 0 Å². The minimum Gasteiger partial charge on any atom is -0.393 e. The fourth-order valence-electron chi connectivity index (χ4n) is 1.07. The van der Waals surface area contributed by atoms with Crippen molar-refractivity contribution in [2.45, 2.75) is 19.4 Å². The SMILES string of the molecule is CC(O)Cc1cc(F)c(Cl)c(F)c1. The summed E-state index contributed by atoms with van der Waals surface area (Å²) < 4.78 is 25.7. The lowest BCUT2D eigenvalue weighted by Gasteiger charge is -2.05. The maximum absolute atomic E-state index is 12.8. The lowest BCUT2D eigenvalue weighted by atomic mass is 10.1. The summed E-state index contributed by atoms with van der Waals surface area (Å²) in [7, 11) is 0. The van der Waals surface area contributed by atoms with Gasteiger partial charge in [-0.15, -0.1) is 0 Å². The molecule has 72 valence electrons. The van der Waals surface area contributed by atoms with Crippen molar-refractivity contribution in [2.24, 2.45) is 0 Å². The smallest absolute Gasteiger partial charge is 0.145 e. The quantitative estimate of drug-likeness (QED) is 0.738. The molecular formula is C9H9ClF2O. The molecule has 0 aromatic heterocycles. The Labute approximate surface area is 80.0 Å². The number of rotatable bonds is 2. The van der Waals surface area contributed by atoms with Gasteiger partial charge >= 0.3 is 0 Å². The molecule has 4 heteroatoms. The average molecular weight is 207 g/mol. The van der Waals surface area contributed by atoms with Crippen molar-refractivity contribution in [3.8, 4) is 0 Å². The molecular weight excluding hydrogens is 198 g/mol. The fraction of sp³-hybridized carbons (Fsp3) is 0.333. The number of aliphatic hydroxyl groups is 1. The van der Waals surface area contributed by atoms with Crippen LogP contribution in [-0.4, -0.2) is 11.2 Å². The van der Waals surface area contributed by atoms with Gasteiger partial charge < -0.3 is 5.11 Å². The van der Waals surface area contributed by atoms with Crippen LogP contribution in [0, 0.1) is 11.6 Å². The number of aliphatic hydroxyl groups excluding tert-OH is 1. The standard InChI is InChI=1S/C9H9ClF2O/c1-5(13)2-6-3-7(11)9(10)8(12)4-6/h3-5,13H,2H2,1H3. The molecule has 0 aliphatic carbocycles. The summed E-state index contributed by atoms with van der Waals surface area (Å²) in [5.41, 5.74) is 0.398. The van der Waals surface area contributed by atoms with E-state index in [1.54, 1.807) is 6.92 Å². The van der Waals surface area contributed by atoms with Gasteiger partial charge in [0.25, 0.3) is 0 Å². The molecule has 1 unspecified atom stereocenters. The molecule has 1 N–H and O–H groups in total. The van der Waals surface area contributed by atoms with Gasteiger partial charge in [-0.05, 0) is 31.0 Å². The van der Waals surface area contributed by atoms with Gasteiger partial charge in [0, 0.05) is 0 Å². The van der Waals surface area contributed by atoms with E-state index in [2.05, 4.69) is 0 Å². The number of hydrogen-bond donors (Lipinski definition) is 1. The third-order valence-electron chi connectivity index (χ3n) is 1.57. The van der Waals surface area contributed by atoms with Gasteiger partial charge in [-0.2, -0.15) is 0 Å². The molecule has 0 fully saturated rings. The Kier molecular flexibility index (Phi) is 3.22. The molecule has 0 heterocycles. The topological polar surface area (TPSA) is 20.2 Å². The second-order valence-electron chi connectivity index (χ2n) is 2.93. The predicted molar refractivity (Wildman–Crippen MR) is 46.8 cm³/mol. The van der Waals surface area contributed by atoms with Gasteiger partial charge in [0.2, 0.25) is 0 Å². The number of halogens is 3. The molecule has 1 atom stereocenters. The van der Waals surface area contributed by atoms with Gasteiger partial charge in [-0.1, -0.05) is 11.6 Å². The van der Waals surface area contributed by atoms with Crippen LogP contribution in [0.3, 0.4) is 0 Å². The highest BCUT2D eigenvalue weighted by Gasteiger charge is 2.09. The fourth-order valence-corrected chi connectivity index (χ4v) is 1.18. The van der Waals surface area contributed by atoms with Crippen molar-refractivity contribution in [1.82, 2.24) is 0 Å². The molecule has 0 radical (unpaired) electrons. The van der Waals surface area contributed by atoms with E-state index < -0.39 is 22.8 Å². The molecule has 0 saturated heterocycles. The second-order valence-corrected chi connectivity index (χ2v) is 3.30. The largest absolute Gasteiger partial charge is 0.393 e. The Morgan fingerprint density at radius 2 is 1.85 bits per heavy atom. The molecule has 1 aromatic rings. The Bertz CT molecular complexity index is 289. The first-order valence-corrected chi connectivity index (χ1v) is 4.20. The van der Waals surface area contributed by atoms with Crippen molar-refractivity contribution < 1.29 is 13.9 Å². The molecule has 1 aromatic carbocycles. The predicted octanol–water partition coefficient (Wildman–Crippen LogP) is 2.54. The Morgan fingerprint density at radius 3 is 2.23 bits per heavy atom. The summed E-state index contributed by atoms with van der Waals surface area (Å²) in [6, 6.07) is 2.25. The first-order chi connectivity index (χ1) is 6.00. The van der Waals surface area contributed by atoms with Crippen molar-refractivity contribution in [3.05, 3.63) is 34.4 Å². The van der Waals surface area contributed by atoms with Gasteiger partial charge in [-0.3, -0.25) is 0 Å². The molecule has 0 spiro atoms. The summed E-state index contributed by atoms with van der Waals surface area (Å²) in [6.07, 6.45) is -0.412. The summed E-state index contributed by atoms with van der Waals surface area (Å²) >= 11 is 5.27. The zero-order valence-corrected chi connectivity index (χ0v) is 7.78. The second kappa shape index (κ2) is 4.03. The Morgan fingerprint density at radius 1 is 1.38 bits per heavy atom. The summed E-state index contributed by atoms with van der Waals surface area (Å²) in [5, 5.41) is 8.47. The van der Waals surface area contributed by atoms with Crippen molar-refractivity contribution >= 4 is 11.6 Å². The van der Waals surface area contributed by atoms with Crippen LogP contribution in [0.25, 0.3) is 0 Å². The van der Waals surface area contributed by atoms with Crippen LogP contribution in [0.1, 0.15) is 12.5 Å². The van der Waals surface area contributed by atoms with E-state index in [9.17, 15) is 8.78 Å². The first kappa shape index (κ1) is 10.4. The molecule has 0 aliphatic rings. The van der Waals surface area contributed by atoms with E-state index in [1.807, 2.05) is 0 Å². The molecule has 0 aliphatic heterocycles. The Balaban J connectivity index is 2.99. The van der Waals surface area contributed by atoms with E-state index in [4.69, 9.17) is 16.7 Å². The number of benzene rings is 1. The van der Waals surface area contributed by atoms with Crippen LogP contribution in [0.15, 0.2) is 12.1 Å². The monoisotopic (exact) mass is 206 g/mol. The van der Waals surface area contributed by atoms with Crippen LogP contribution in [0.2, 0.25) is 5.02 Å². The van der Waals surface area contributed by atoms with Gasteiger partial charge in [0.15, 0.2) is 0 Å². The van der Waals surface area contributed by atoms with Crippen LogP contribution in [0.5, 0.6) is 0 Å².